The maximum absolute atomic E-state index is 12.4. The van der Waals surface area contributed by atoms with Gasteiger partial charge in [-0.3, -0.25) is 4.98 Å². The van der Waals surface area contributed by atoms with Crippen LogP contribution in [0.2, 0.25) is 10.0 Å². The fourth-order valence-corrected chi connectivity index (χ4v) is 4.27. The van der Waals surface area contributed by atoms with E-state index in [0.717, 1.165) is 0 Å². The first kappa shape index (κ1) is 16.0. The molecule has 0 fully saturated rings. The van der Waals surface area contributed by atoms with Gasteiger partial charge in [0.25, 0.3) is 0 Å². The van der Waals surface area contributed by atoms with Gasteiger partial charge in [-0.15, -0.1) is 0 Å². The number of aromatic nitrogens is 1. The molecule has 2 aromatic rings. The summed E-state index contributed by atoms with van der Waals surface area (Å²) < 4.78 is 27.3. The molecule has 0 aliphatic rings. The summed E-state index contributed by atoms with van der Waals surface area (Å²) in [6, 6.07) is 7.40. The van der Waals surface area contributed by atoms with Gasteiger partial charge in [-0.1, -0.05) is 29.3 Å². The predicted molar refractivity (Wildman–Crippen MR) is 83.8 cm³/mol. The van der Waals surface area contributed by atoms with E-state index in [0.29, 0.717) is 11.4 Å². The van der Waals surface area contributed by atoms with Crippen LogP contribution in [0, 0.1) is 0 Å². The highest BCUT2D eigenvalue weighted by atomic mass is 35.5. The molecule has 5 nitrogen and oxygen atoms in total. The molecule has 0 spiro atoms. The molecule has 0 saturated carbocycles. The van der Waals surface area contributed by atoms with Gasteiger partial charge < -0.3 is 5.73 Å². The molecule has 3 N–H and O–H groups in total. The van der Waals surface area contributed by atoms with E-state index in [1.54, 1.807) is 31.3 Å². The number of anilines is 1. The highest BCUT2D eigenvalue weighted by Gasteiger charge is 2.25. The second kappa shape index (κ2) is 6.19. The van der Waals surface area contributed by atoms with Gasteiger partial charge in [-0.25, -0.2) is 13.1 Å². The van der Waals surface area contributed by atoms with Gasteiger partial charge in [0.1, 0.15) is 4.90 Å². The summed E-state index contributed by atoms with van der Waals surface area (Å²) in [5.74, 6) is 0. The number of halogens is 2. The fraction of sp³-hybridized carbons (Fsp3) is 0.154. The van der Waals surface area contributed by atoms with Crippen LogP contribution in [0.25, 0.3) is 0 Å². The van der Waals surface area contributed by atoms with E-state index in [1.165, 1.54) is 12.1 Å². The SMILES string of the molecule is CC(NS(=O)(=O)c1c(Cl)cc(N)cc1Cl)c1ccccn1. The van der Waals surface area contributed by atoms with Crippen LogP contribution >= 0.6 is 23.2 Å². The molecule has 8 heteroatoms. The average molecular weight is 346 g/mol. The van der Waals surface area contributed by atoms with Gasteiger partial charge in [0.2, 0.25) is 10.0 Å². The summed E-state index contributed by atoms with van der Waals surface area (Å²) in [7, 11) is -3.90. The molecule has 1 atom stereocenters. The lowest BCUT2D eigenvalue weighted by Crippen LogP contribution is -2.28. The van der Waals surface area contributed by atoms with Gasteiger partial charge in [0.05, 0.1) is 21.8 Å². The first-order chi connectivity index (χ1) is 9.81. The Labute approximate surface area is 133 Å². The van der Waals surface area contributed by atoms with Crippen molar-refractivity contribution in [3.8, 4) is 0 Å². The second-order valence-electron chi connectivity index (χ2n) is 4.41. The van der Waals surface area contributed by atoms with Crippen molar-refractivity contribution < 1.29 is 8.42 Å². The first-order valence-electron chi connectivity index (χ1n) is 5.99. The van der Waals surface area contributed by atoms with E-state index in [9.17, 15) is 8.42 Å². The highest BCUT2D eigenvalue weighted by Crippen LogP contribution is 2.32. The lowest BCUT2D eigenvalue weighted by Gasteiger charge is -2.15. The Morgan fingerprint density at radius 2 is 1.86 bits per heavy atom. The van der Waals surface area contributed by atoms with Gasteiger partial charge in [-0.05, 0) is 31.2 Å². The molecule has 0 saturated heterocycles. The summed E-state index contributed by atoms with van der Waals surface area (Å²) in [6.07, 6.45) is 1.59. The molecule has 0 amide bonds. The first-order valence-corrected chi connectivity index (χ1v) is 8.23. The molecule has 0 radical (unpaired) electrons. The summed E-state index contributed by atoms with van der Waals surface area (Å²) >= 11 is 11.9. The Balaban J connectivity index is 2.36. The summed E-state index contributed by atoms with van der Waals surface area (Å²) in [5, 5.41) is -0.0542. The normalized spacial score (nSPS) is 13.1. The Morgan fingerprint density at radius 3 is 2.38 bits per heavy atom. The molecule has 2 rings (SSSR count). The lowest BCUT2D eigenvalue weighted by molar-refractivity contribution is 0.564. The number of pyridine rings is 1. The van der Waals surface area contributed by atoms with Crippen LogP contribution in [-0.4, -0.2) is 13.4 Å². The number of benzene rings is 1. The zero-order valence-corrected chi connectivity index (χ0v) is 13.4. The third-order valence-electron chi connectivity index (χ3n) is 2.75. The number of rotatable bonds is 4. The van der Waals surface area contributed by atoms with Crippen LogP contribution < -0.4 is 10.5 Å². The largest absolute Gasteiger partial charge is 0.399 e. The van der Waals surface area contributed by atoms with Crippen molar-refractivity contribution in [2.45, 2.75) is 17.9 Å². The molecule has 0 aliphatic heterocycles. The number of nitrogens with zero attached hydrogens (tertiary/aromatic N) is 1. The molecule has 1 aromatic heterocycles. The molecule has 0 aliphatic carbocycles. The molecule has 1 aromatic carbocycles. The van der Waals surface area contributed by atoms with Crippen LogP contribution in [0.1, 0.15) is 18.7 Å². The fourth-order valence-electron chi connectivity index (χ4n) is 1.82. The van der Waals surface area contributed by atoms with Crippen molar-refractivity contribution >= 4 is 38.9 Å². The quantitative estimate of drug-likeness (QED) is 0.834. The van der Waals surface area contributed by atoms with E-state index in [1.807, 2.05) is 0 Å². The Bertz CT molecular complexity index is 728. The zero-order valence-electron chi connectivity index (χ0n) is 11.0. The van der Waals surface area contributed by atoms with Gasteiger partial charge in [0.15, 0.2) is 0 Å². The third-order valence-corrected chi connectivity index (χ3v) is 5.21. The Morgan fingerprint density at radius 1 is 1.24 bits per heavy atom. The third kappa shape index (κ3) is 3.65. The minimum absolute atomic E-state index is 0.0271. The summed E-state index contributed by atoms with van der Waals surface area (Å²) in [4.78, 5) is 3.91. The van der Waals surface area contributed by atoms with E-state index in [-0.39, 0.29) is 14.9 Å². The van der Waals surface area contributed by atoms with E-state index < -0.39 is 16.1 Å². The van der Waals surface area contributed by atoms with Crippen molar-refractivity contribution in [1.29, 1.82) is 0 Å². The predicted octanol–water partition coefficient (Wildman–Crippen LogP) is 3.01. The van der Waals surface area contributed by atoms with Gasteiger partial charge in [0, 0.05) is 11.9 Å². The Kier molecular flexibility index (Phi) is 4.73. The minimum Gasteiger partial charge on any atom is -0.399 e. The number of nitrogens with one attached hydrogen (secondary N) is 1. The molecule has 1 unspecified atom stereocenters. The van der Waals surface area contributed by atoms with E-state index >= 15 is 0 Å². The van der Waals surface area contributed by atoms with Crippen LogP contribution in [0.3, 0.4) is 0 Å². The topological polar surface area (TPSA) is 85.1 Å². The van der Waals surface area contributed by atoms with Crippen molar-refractivity contribution in [2.24, 2.45) is 0 Å². The highest BCUT2D eigenvalue weighted by molar-refractivity contribution is 7.89. The number of hydrogen-bond donors (Lipinski definition) is 2. The molecular weight excluding hydrogens is 333 g/mol. The zero-order chi connectivity index (χ0) is 15.6. The van der Waals surface area contributed by atoms with E-state index in [2.05, 4.69) is 9.71 Å². The second-order valence-corrected chi connectivity index (χ2v) is 6.88. The molecular formula is C13H13Cl2N3O2S. The Hall–Kier alpha value is -1.34. The van der Waals surface area contributed by atoms with Crippen molar-refractivity contribution in [1.82, 2.24) is 9.71 Å². The summed E-state index contributed by atoms with van der Waals surface area (Å²) in [5.41, 5.74) is 6.45. The average Bonchev–Trinajstić information content (AvgIpc) is 2.37. The van der Waals surface area contributed by atoms with Crippen LogP contribution in [0.5, 0.6) is 0 Å². The molecule has 112 valence electrons. The monoisotopic (exact) mass is 345 g/mol. The van der Waals surface area contributed by atoms with Crippen molar-refractivity contribution in [2.75, 3.05) is 5.73 Å². The van der Waals surface area contributed by atoms with Gasteiger partial charge in [-0.2, -0.15) is 0 Å². The number of nitrogens with two attached hydrogens (primary N) is 1. The maximum Gasteiger partial charge on any atom is 0.244 e. The maximum atomic E-state index is 12.4. The molecule has 21 heavy (non-hydrogen) atoms. The smallest absolute Gasteiger partial charge is 0.244 e. The molecule has 1 heterocycles. The van der Waals surface area contributed by atoms with Crippen molar-refractivity contribution in [3.05, 3.63) is 52.3 Å². The minimum atomic E-state index is -3.90. The van der Waals surface area contributed by atoms with Crippen LogP contribution in [-0.2, 0) is 10.0 Å². The number of sulfonamides is 1. The number of nitrogen functional groups attached to an aromatic ring is 1. The van der Waals surface area contributed by atoms with Crippen LogP contribution in [0.4, 0.5) is 5.69 Å². The standard InChI is InChI=1S/C13H13Cl2N3O2S/c1-8(12-4-2-3-5-17-12)18-21(19,20)13-10(14)6-9(16)7-11(13)15/h2-8,18H,16H2,1H3. The van der Waals surface area contributed by atoms with Gasteiger partial charge >= 0.3 is 0 Å². The molecule has 0 bridgehead atoms. The lowest BCUT2D eigenvalue weighted by atomic mass is 10.2. The van der Waals surface area contributed by atoms with Crippen LogP contribution in [0.15, 0.2) is 41.4 Å². The van der Waals surface area contributed by atoms with E-state index in [4.69, 9.17) is 28.9 Å². The summed E-state index contributed by atoms with van der Waals surface area (Å²) in [6.45, 7) is 1.68. The number of hydrogen-bond acceptors (Lipinski definition) is 4. The van der Waals surface area contributed by atoms with Crippen molar-refractivity contribution in [3.63, 3.8) is 0 Å².